The van der Waals surface area contributed by atoms with Gasteiger partial charge < -0.3 is 10.0 Å². The summed E-state index contributed by atoms with van der Waals surface area (Å²) in [6.45, 7) is 2.48. The maximum Gasteiger partial charge on any atom is 0.254 e. The second kappa shape index (κ2) is 6.32. The number of hydrogen-bond acceptors (Lipinski definition) is 3. The summed E-state index contributed by atoms with van der Waals surface area (Å²) in [4.78, 5) is 14.5. The van der Waals surface area contributed by atoms with Gasteiger partial charge in [-0.15, -0.1) is 0 Å². The number of rotatable bonds is 3. The van der Waals surface area contributed by atoms with Crippen molar-refractivity contribution in [1.82, 2.24) is 14.7 Å². The van der Waals surface area contributed by atoms with Crippen molar-refractivity contribution in [3.8, 4) is 5.69 Å². The van der Waals surface area contributed by atoms with E-state index in [1.165, 1.54) is 0 Å². The molecule has 3 rings (SSSR count). The lowest BCUT2D eigenvalue weighted by Crippen LogP contribution is -2.48. The SMILES string of the molecule is CC(O)C1CCCCN1C(=O)c1ccc(-n2cccn2)cc1. The van der Waals surface area contributed by atoms with E-state index in [0.29, 0.717) is 5.56 Å². The van der Waals surface area contributed by atoms with Crippen LogP contribution in [0.5, 0.6) is 0 Å². The molecule has 0 spiro atoms. The van der Waals surface area contributed by atoms with E-state index >= 15 is 0 Å². The number of benzene rings is 1. The molecule has 5 heteroatoms. The van der Waals surface area contributed by atoms with Gasteiger partial charge in [-0.25, -0.2) is 4.68 Å². The van der Waals surface area contributed by atoms with Crippen molar-refractivity contribution >= 4 is 5.91 Å². The fraction of sp³-hybridized carbons (Fsp3) is 0.412. The first-order valence-electron chi connectivity index (χ1n) is 7.76. The monoisotopic (exact) mass is 299 g/mol. The molecule has 1 aliphatic heterocycles. The fourth-order valence-electron chi connectivity index (χ4n) is 3.06. The number of carbonyl (C=O) groups excluding carboxylic acids is 1. The molecular formula is C17H21N3O2. The Hall–Kier alpha value is -2.14. The van der Waals surface area contributed by atoms with Crippen LogP contribution in [-0.4, -0.2) is 44.4 Å². The third kappa shape index (κ3) is 2.90. The number of hydrogen-bond donors (Lipinski definition) is 1. The number of nitrogens with zero attached hydrogens (tertiary/aromatic N) is 3. The quantitative estimate of drug-likeness (QED) is 0.945. The molecule has 0 saturated carbocycles. The molecular weight excluding hydrogens is 278 g/mol. The molecule has 1 fully saturated rings. The van der Waals surface area contributed by atoms with Crippen LogP contribution in [0.4, 0.5) is 0 Å². The molecule has 0 radical (unpaired) electrons. The summed E-state index contributed by atoms with van der Waals surface area (Å²) in [5.74, 6) is -0.00221. The maximum atomic E-state index is 12.7. The lowest BCUT2D eigenvalue weighted by molar-refractivity contribution is 0.0281. The van der Waals surface area contributed by atoms with Crippen LogP contribution < -0.4 is 0 Å². The zero-order chi connectivity index (χ0) is 15.5. The van der Waals surface area contributed by atoms with Gasteiger partial charge in [0, 0.05) is 24.5 Å². The van der Waals surface area contributed by atoms with Gasteiger partial charge in [-0.1, -0.05) is 0 Å². The molecule has 1 saturated heterocycles. The fourth-order valence-corrected chi connectivity index (χ4v) is 3.06. The highest BCUT2D eigenvalue weighted by Gasteiger charge is 2.30. The van der Waals surface area contributed by atoms with Crippen molar-refractivity contribution in [2.24, 2.45) is 0 Å². The highest BCUT2D eigenvalue weighted by atomic mass is 16.3. The van der Waals surface area contributed by atoms with E-state index < -0.39 is 6.10 Å². The first kappa shape index (κ1) is 14.8. The van der Waals surface area contributed by atoms with Crippen molar-refractivity contribution in [3.63, 3.8) is 0 Å². The number of piperidine rings is 1. The third-order valence-corrected chi connectivity index (χ3v) is 4.25. The molecule has 116 valence electrons. The summed E-state index contributed by atoms with van der Waals surface area (Å²) in [6.07, 6.45) is 6.03. The summed E-state index contributed by atoms with van der Waals surface area (Å²) in [6, 6.07) is 9.22. The normalized spacial score (nSPS) is 19.9. The zero-order valence-corrected chi connectivity index (χ0v) is 12.7. The number of amides is 1. The van der Waals surface area contributed by atoms with Crippen LogP contribution in [0, 0.1) is 0 Å². The molecule has 2 unspecified atom stereocenters. The Balaban J connectivity index is 1.79. The lowest BCUT2D eigenvalue weighted by Gasteiger charge is -2.37. The molecule has 2 heterocycles. The Morgan fingerprint density at radius 3 is 2.73 bits per heavy atom. The summed E-state index contributed by atoms with van der Waals surface area (Å²) in [5.41, 5.74) is 1.58. The number of aliphatic hydroxyl groups excluding tert-OH is 1. The highest BCUT2D eigenvalue weighted by molar-refractivity contribution is 5.94. The molecule has 0 aliphatic carbocycles. The lowest BCUT2D eigenvalue weighted by atomic mass is 9.97. The van der Waals surface area contributed by atoms with Crippen LogP contribution in [0.15, 0.2) is 42.7 Å². The first-order chi connectivity index (χ1) is 10.7. The van der Waals surface area contributed by atoms with Gasteiger partial charge in [-0.2, -0.15) is 5.10 Å². The van der Waals surface area contributed by atoms with Crippen LogP contribution in [0.3, 0.4) is 0 Å². The van der Waals surface area contributed by atoms with Gasteiger partial charge in [0.25, 0.3) is 5.91 Å². The Bertz CT molecular complexity index is 620. The van der Waals surface area contributed by atoms with Crippen molar-refractivity contribution in [3.05, 3.63) is 48.3 Å². The average molecular weight is 299 g/mol. The minimum absolute atomic E-state index is 0.00221. The van der Waals surface area contributed by atoms with Gasteiger partial charge in [0.15, 0.2) is 0 Å². The van der Waals surface area contributed by atoms with Crippen LogP contribution in [0.25, 0.3) is 5.69 Å². The van der Waals surface area contributed by atoms with Gasteiger partial charge >= 0.3 is 0 Å². The molecule has 1 amide bonds. The largest absolute Gasteiger partial charge is 0.391 e. The van der Waals surface area contributed by atoms with E-state index in [-0.39, 0.29) is 11.9 Å². The molecule has 0 bridgehead atoms. The minimum atomic E-state index is -0.493. The summed E-state index contributed by atoms with van der Waals surface area (Å²) in [5, 5.41) is 14.1. The first-order valence-corrected chi connectivity index (χ1v) is 7.76. The second-order valence-electron chi connectivity index (χ2n) is 5.80. The van der Waals surface area contributed by atoms with Crippen molar-refractivity contribution < 1.29 is 9.90 Å². The number of likely N-dealkylation sites (tertiary alicyclic amines) is 1. The van der Waals surface area contributed by atoms with E-state index in [2.05, 4.69) is 5.10 Å². The van der Waals surface area contributed by atoms with E-state index in [0.717, 1.165) is 31.5 Å². The Kier molecular flexibility index (Phi) is 4.24. The van der Waals surface area contributed by atoms with Gasteiger partial charge in [-0.05, 0) is 56.5 Å². The molecule has 1 N–H and O–H groups in total. The summed E-state index contributed by atoms with van der Waals surface area (Å²) in [7, 11) is 0. The number of aromatic nitrogens is 2. The molecule has 2 atom stereocenters. The Morgan fingerprint density at radius 1 is 1.32 bits per heavy atom. The van der Waals surface area contributed by atoms with Crippen LogP contribution >= 0.6 is 0 Å². The molecule has 1 aromatic carbocycles. The summed E-state index contributed by atoms with van der Waals surface area (Å²) >= 11 is 0. The minimum Gasteiger partial charge on any atom is -0.391 e. The molecule has 22 heavy (non-hydrogen) atoms. The van der Waals surface area contributed by atoms with Crippen molar-refractivity contribution in [2.75, 3.05) is 6.54 Å². The van der Waals surface area contributed by atoms with Crippen LogP contribution in [-0.2, 0) is 0 Å². The maximum absolute atomic E-state index is 12.7. The van der Waals surface area contributed by atoms with Gasteiger partial charge in [0.05, 0.1) is 17.8 Å². The molecule has 2 aromatic rings. The topological polar surface area (TPSA) is 58.4 Å². The van der Waals surface area contributed by atoms with E-state index in [4.69, 9.17) is 0 Å². The number of aliphatic hydroxyl groups is 1. The van der Waals surface area contributed by atoms with E-state index in [1.807, 2.05) is 41.4 Å². The van der Waals surface area contributed by atoms with E-state index in [1.54, 1.807) is 17.8 Å². The smallest absolute Gasteiger partial charge is 0.254 e. The third-order valence-electron chi connectivity index (χ3n) is 4.25. The zero-order valence-electron chi connectivity index (χ0n) is 12.7. The van der Waals surface area contributed by atoms with E-state index in [9.17, 15) is 9.90 Å². The Morgan fingerprint density at radius 2 is 2.09 bits per heavy atom. The average Bonchev–Trinajstić information content (AvgIpc) is 3.09. The van der Waals surface area contributed by atoms with Gasteiger partial charge in [-0.3, -0.25) is 4.79 Å². The van der Waals surface area contributed by atoms with Crippen LogP contribution in [0.1, 0.15) is 36.5 Å². The van der Waals surface area contributed by atoms with Crippen LogP contribution in [0.2, 0.25) is 0 Å². The molecule has 1 aliphatic rings. The highest BCUT2D eigenvalue weighted by Crippen LogP contribution is 2.22. The predicted molar refractivity (Wildman–Crippen MR) is 83.9 cm³/mol. The standard InChI is InChI=1S/C17H21N3O2/c1-13(21)16-5-2-3-11-19(16)17(22)14-6-8-15(9-7-14)20-12-4-10-18-20/h4,6-10,12-13,16,21H,2-3,5,11H2,1H3. The molecule has 5 nitrogen and oxygen atoms in total. The summed E-state index contributed by atoms with van der Waals surface area (Å²) < 4.78 is 1.76. The van der Waals surface area contributed by atoms with Crippen molar-refractivity contribution in [1.29, 1.82) is 0 Å². The van der Waals surface area contributed by atoms with Crippen molar-refractivity contribution in [2.45, 2.75) is 38.3 Å². The Labute approximate surface area is 130 Å². The number of carbonyl (C=O) groups is 1. The van der Waals surface area contributed by atoms with Gasteiger partial charge in [0.2, 0.25) is 0 Å². The molecule has 1 aromatic heterocycles. The second-order valence-corrected chi connectivity index (χ2v) is 5.80. The van der Waals surface area contributed by atoms with Gasteiger partial charge in [0.1, 0.15) is 0 Å². The predicted octanol–water partition coefficient (Wildman–Crippen LogP) is 2.25.